The van der Waals surface area contributed by atoms with Crippen molar-refractivity contribution in [3.63, 3.8) is 0 Å². The van der Waals surface area contributed by atoms with Crippen LogP contribution in [0.3, 0.4) is 0 Å². The zero-order valence-electron chi connectivity index (χ0n) is 9.37. The van der Waals surface area contributed by atoms with Gasteiger partial charge in [0.15, 0.2) is 5.82 Å². The Kier molecular flexibility index (Phi) is 3.03. The van der Waals surface area contributed by atoms with Crippen molar-refractivity contribution in [2.45, 2.75) is 12.5 Å². The molecule has 17 heavy (non-hydrogen) atoms. The molecule has 5 heteroatoms. The van der Waals surface area contributed by atoms with Crippen molar-refractivity contribution in [3.05, 3.63) is 29.8 Å². The number of rotatable bonds is 2. The number of hydrogen-bond donors (Lipinski definition) is 2. The van der Waals surface area contributed by atoms with Gasteiger partial charge in [0, 0.05) is 30.5 Å². The second-order valence-corrected chi connectivity index (χ2v) is 5.40. The Labute approximate surface area is 103 Å². The molecule has 1 atom stereocenters. The van der Waals surface area contributed by atoms with Gasteiger partial charge in [-0.15, -0.1) is 0 Å². The molecule has 1 saturated heterocycles. The number of nitrogens with one attached hydrogen (secondary N) is 2. The summed E-state index contributed by atoms with van der Waals surface area (Å²) >= 11 is 1.95. The Bertz CT molecular complexity index is 519. The van der Waals surface area contributed by atoms with Crippen molar-refractivity contribution in [1.82, 2.24) is 15.3 Å². The summed E-state index contributed by atoms with van der Waals surface area (Å²) in [5.41, 5.74) is 1.23. The first-order chi connectivity index (χ1) is 8.33. The molecule has 3 rings (SSSR count). The summed E-state index contributed by atoms with van der Waals surface area (Å²) in [5, 5.41) is 3.45. The van der Waals surface area contributed by atoms with E-state index in [0.717, 1.165) is 30.1 Å². The second-order valence-electron chi connectivity index (χ2n) is 4.25. The molecular weight excluding hydrogens is 237 g/mol. The topological polar surface area (TPSA) is 40.7 Å². The SMILES string of the molecule is Fc1cccc2[nH]c(CC3CSCCN3)nc12. The second kappa shape index (κ2) is 4.66. The molecule has 0 bridgehead atoms. The molecule has 1 aromatic heterocycles. The van der Waals surface area contributed by atoms with Crippen molar-refractivity contribution in [1.29, 1.82) is 0 Å². The molecule has 2 N–H and O–H groups in total. The van der Waals surface area contributed by atoms with Crippen LogP contribution >= 0.6 is 11.8 Å². The largest absolute Gasteiger partial charge is 0.342 e. The summed E-state index contributed by atoms with van der Waals surface area (Å²) < 4.78 is 13.5. The van der Waals surface area contributed by atoms with Gasteiger partial charge in [-0.25, -0.2) is 9.37 Å². The van der Waals surface area contributed by atoms with Crippen LogP contribution in [-0.2, 0) is 6.42 Å². The van der Waals surface area contributed by atoms with Crippen LogP contribution in [0.5, 0.6) is 0 Å². The van der Waals surface area contributed by atoms with Crippen molar-refractivity contribution in [3.8, 4) is 0 Å². The third-order valence-corrected chi connectivity index (χ3v) is 4.08. The highest BCUT2D eigenvalue weighted by Gasteiger charge is 2.16. The van der Waals surface area contributed by atoms with Crippen LogP contribution in [-0.4, -0.2) is 34.1 Å². The number of aromatic nitrogens is 2. The van der Waals surface area contributed by atoms with Crippen LogP contribution in [0.2, 0.25) is 0 Å². The van der Waals surface area contributed by atoms with Crippen LogP contribution in [0.4, 0.5) is 4.39 Å². The number of H-pyrrole nitrogens is 1. The summed E-state index contributed by atoms with van der Waals surface area (Å²) in [6.45, 7) is 1.05. The minimum Gasteiger partial charge on any atom is -0.342 e. The Balaban J connectivity index is 1.83. The molecule has 0 amide bonds. The van der Waals surface area contributed by atoms with E-state index in [1.165, 1.54) is 11.8 Å². The van der Waals surface area contributed by atoms with E-state index < -0.39 is 0 Å². The highest BCUT2D eigenvalue weighted by molar-refractivity contribution is 7.99. The van der Waals surface area contributed by atoms with Crippen LogP contribution in [0, 0.1) is 5.82 Å². The number of hydrogen-bond acceptors (Lipinski definition) is 3. The van der Waals surface area contributed by atoms with Crippen LogP contribution in [0.1, 0.15) is 5.82 Å². The van der Waals surface area contributed by atoms with E-state index in [0.29, 0.717) is 11.6 Å². The monoisotopic (exact) mass is 251 g/mol. The van der Waals surface area contributed by atoms with Gasteiger partial charge in [-0.05, 0) is 12.1 Å². The zero-order chi connectivity index (χ0) is 11.7. The number of nitrogens with zero attached hydrogens (tertiary/aromatic N) is 1. The van der Waals surface area contributed by atoms with Crippen molar-refractivity contribution in [2.75, 3.05) is 18.1 Å². The lowest BCUT2D eigenvalue weighted by atomic mass is 10.2. The lowest BCUT2D eigenvalue weighted by Gasteiger charge is -2.21. The third-order valence-electron chi connectivity index (χ3n) is 2.95. The highest BCUT2D eigenvalue weighted by Crippen LogP contribution is 2.17. The molecule has 0 saturated carbocycles. The quantitative estimate of drug-likeness (QED) is 0.857. The molecule has 1 aliphatic rings. The average molecular weight is 251 g/mol. The van der Waals surface area contributed by atoms with Gasteiger partial charge in [-0.1, -0.05) is 6.07 Å². The normalized spacial score (nSPS) is 20.9. The summed E-state index contributed by atoms with van der Waals surface area (Å²) in [6.07, 6.45) is 0.834. The Hall–Kier alpha value is -1.07. The summed E-state index contributed by atoms with van der Waals surface area (Å²) in [4.78, 5) is 7.51. The van der Waals surface area contributed by atoms with E-state index in [9.17, 15) is 4.39 Å². The maximum absolute atomic E-state index is 13.5. The van der Waals surface area contributed by atoms with Crippen LogP contribution in [0.25, 0.3) is 11.0 Å². The van der Waals surface area contributed by atoms with Gasteiger partial charge in [-0.2, -0.15) is 11.8 Å². The molecule has 2 heterocycles. The summed E-state index contributed by atoms with van der Waals surface area (Å²) in [7, 11) is 0. The van der Waals surface area contributed by atoms with E-state index in [2.05, 4.69) is 15.3 Å². The molecule has 2 aromatic rings. The number of aromatic amines is 1. The van der Waals surface area contributed by atoms with Crippen molar-refractivity contribution >= 4 is 22.8 Å². The Morgan fingerprint density at radius 1 is 1.47 bits per heavy atom. The minimum atomic E-state index is -0.254. The van der Waals surface area contributed by atoms with Crippen LogP contribution < -0.4 is 5.32 Å². The van der Waals surface area contributed by atoms with Gasteiger partial charge in [0.05, 0.1) is 5.52 Å². The molecule has 1 fully saturated rings. The molecule has 3 nitrogen and oxygen atoms in total. The summed E-state index contributed by atoms with van der Waals surface area (Å²) in [5.74, 6) is 2.88. The fourth-order valence-electron chi connectivity index (χ4n) is 2.13. The van der Waals surface area contributed by atoms with Crippen molar-refractivity contribution in [2.24, 2.45) is 0 Å². The fourth-order valence-corrected chi connectivity index (χ4v) is 3.08. The van der Waals surface area contributed by atoms with E-state index in [4.69, 9.17) is 0 Å². The fraction of sp³-hybridized carbons (Fsp3) is 0.417. The molecule has 0 aliphatic carbocycles. The number of para-hydroxylation sites is 1. The van der Waals surface area contributed by atoms with Gasteiger partial charge in [0.25, 0.3) is 0 Å². The standard InChI is InChI=1S/C12H14FN3S/c13-9-2-1-3-10-12(9)16-11(15-10)6-8-7-17-5-4-14-8/h1-3,8,14H,4-7H2,(H,15,16). The van der Waals surface area contributed by atoms with E-state index in [-0.39, 0.29) is 5.82 Å². The first-order valence-electron chi connectivity index (χ1n) is 5.77. The molecule has 0 radical (unpaired) electrons. The van der Waals surface area contributed by atoms with Crippen LogP contribution in [0.15, 0.2) is 18.2 Å². The molecule has 90 valence electrons. The lowest BCUT2D eigenvalue weighted by molar-refractivity contribution is 0.553. The smallest absolute Gasteiger partial charge is 0.151 e. The number of fused-ring (bicyclic) bond motifs is 1. The third kappa shape index (κ3) is 2.30. The highest BCUT2D eigenvalue weighted by atomic mass is 32.2. The van der Waals surface area contributed by atoms with E-state index in [1.54, 1.807) is 6.07 Å². The van der Waals surface area contributed by atoms with Gasteiger partial charge in [-0.3, -0.25) is 0 Å². The number of benzene rings is 1. The first-order valence-corrected chi connectivity index (χ1v) is 6.92. The molecular formula is C12H14FN3S. The van der Waals surface area contributed by atoms with Crippen molar-refractivity contribution < 1.29 is 4.39 Å². The predicted octanol–water partition coefficient (Wildman–Crippen LogP) is 1.95. The average Bonchev–Trinajstić information content (AvgIpc) is 2.74. The van der Waals surface area contributed by atoms with Gasteiger partial charge >= 0.3 is 0 Å². The lowest BCUT2D eigenvalue weighted by Crippen LogP contribution is -2.39. The Morgan fingerprint density at radius 3 is 3.18 bits per heavy atom. The van der Waals surface area contributed by atoms with Gasteiger partial charge in [0.2, 0.25) is 0 Å². The summed E-state index contributed by atoms with van der Waals surface area (Å²) in [6, 6.07) is 5.45. The molecule has 1 aromatic carbocycles. The maximum Gasteiger partial charge on any atom is 0.151 e. The first kappa shape index (κ1) is 11.0. The number of imidazole rings is 1. The number of halogens is 1. The molecule has 0 spiro atoms. The predicted molar refractivity (Wildman–Crippen MR) is 68.9 cm³/mol. The minimum absolute atomic E-state index is 0.254. The van der Waals surface area contributed by atoms with Gasteiger partial charge < -0.3 is 10.3 Å². The van der Waals surface area contributed by atoms with E-state index in [1.807, 2.05) is 17.8 Å². The maximum atomic E-state index is 13.5. The molecule has 1 aliphatic heterocycles. The molecule has 1 unspecified atom stereocenters. The number of thioether (sulfide) groups is 1. The van der Waals surface area contributed by atoms with E-state index >= 15 is 0 Å². The zero-order valence-corrected chi connectivity index (χ0v) is 10.2. The van der Waals surface area contributed by atoms with Gasteiger partial charge in [0.1, 0.15) is 11.3 Å². The Morgan fingerprint density at radius 2 is 2.41 bits per heavy atom.